The van der Waals surface area contributed by atoms with Crippen LogP contribution >= 0.6 is 0 Å². The van der Waals surface area contributed by atoms with Crippen LogP contribution < -0.4 is 59.1 Å². The van der Waals surface area contributed by atoms with Crippen molar-refractivity contribution in [1.29, 1.82) is 0 Å². The first-order valence-electron chi connectivity index (χ1n) is 9.92. The van der Waals surface area contributed by atoms with Crippen LogP contribution in [-0.2, 0) is 20.2 Å². The van der Waals surface area contributed by atoms with E-state index in [2.05, 4.69) is 9.97 Å². The molecule has 0 saturated carbocycles. The molecule has 0 atom stereocenters. The topological polar surface area (TPSA) is 140 Å². The van der Waals surface area contributed by atoms with Crippen molar-refractivity contribution < 1.29 is 85.1 Å². The van der Waals surface area contributed by atoms with Crippen molar-refractivity contribution in [2.45, 2.75) is 9.79 Å². The molecule has 0 fully saturated rings. The van der Waals surface area contributed by atoms with E-state index in [0.717, 1.165) is 0 Å². The zero-order valence-corrected chi connectivity index (χ0v) is 24.9. The summed E-state index contributed by atoms with van der Waals surface area (Å²) in [5.74, 6) is 0. The number of fused-ring (bicyclic) bond motifs is 3. The van der Waals surface area contributed by atoms with Crippen molar-refractivity contribution in [3.8, 4) is 22.3 Å². The van der Waals surface area contributed by atoms with Crippen LogP contribution in [0.1, 0.15) is 0 Å². The fourth-order valence-electron chi connectivity index (χ4n) is 3.97. The Bertz CT molecular complexity index is 1690. The van der Waals surface area contributed by atoms with Crippen molar-refractivity contribution in [2.75, 3.05) is 0 Å². The van der Waals surface area contributed by atoms with Gasteiger partial charge in [-0.1, -0.05) is 36.4 Å². The zero-order chi connectivity index (χ0) is 24.1. The van der Waals surface area contributed by atoms with Crippen LogP contribution in [0.3, 0.4) is 0 Å². The second kappa shape index (κ2) is 11.0. The molecule has 0 aliphatic carbocycles. The summed E-state index contributed by atoms with van der Waals surface area (Å²) in [6.45, 7) is 0. The zero-order valence-electron chi connectivity index (χ0n) is 19.2. The molecular formula is C24H14N2Na2O6S2. The normalized spacial score (nSPS) is 11.6. The number of hydrogen-bond acceptors (Lipinski definition) is 8. The molecule has 0 spiro atoms. The summed E-state index contributed by atoms with van der Waals surface area (Å²) in [4.78, 5) is 8.28. The summed E-state index contributed by atoms with van der Waals surface area (Å²) in [5.41, 5.74) is 3.49. The van der Waals surface area contributed by atoms with Crippen LogP contribution in [0.5, 0.6) is 0 Å². The second-order valence-electron chi connectivity index (χ2n) is 7.54. The summed E-state index contributed by atoms with van der Waals surface area (Å²) in [5, 5.41) is 1.38. The Morgan fingerprint density at radius 2 is 0.944 bits per heavy atom. The molecule has 3 aromatic carbocycles. The SMILES string of the molecule is O=S(=O)([O-])c1cccc(-c2ccnc3c2ccc2c(-c4cccc(S(=O)(=O)[O-])c4)ccnc23)c1.[Na+].[Na+]. The van der Waals surface area contributed by atoms with Gasteiger partial charge in [-0.15, -0.1) is 0 Å². The van der Waals surface area contributed by atoms with Crippen molar-refractivity contribution in [3.05, 3.63) is 85.2 Å². The van der Waals surface area contributed by atoms with Gasteiger partial charge in [-0.2, -0.15) is 0 Å². The molecule has 0 N–H and O–H groups in total. The molecule has 12 heteroatoms. The number of hydrogen-bond donors (Lipinski definition) is 0. The predicted octanol–water partition coefficient (Wildman–Crippen LogP) is -2.07. The summed E-state index contributed by atoms with van der Waals surface area (Å²) in [7, 11) is -9.23. The smallest absolute Gasteiger partial charge is 0.744 e. The summed E-state index contributed by atoms with van der Waals surface area (Å²) >= 11 is 0. The maximum absolute atomic E-state index is 11.5. The summed E-state index contributed by atoms with van der Waals surface area (Å²) in [6, 6.07) is 18.6. The Balaban J connectivity index is 0.00000180. The van der Waals surface area contributed by atoms with Gasteiger partial charge >= 0.3 is 59.1 Å². The number of benzene rings is 3. The average Bonchev–Trinajstić information content (AvgIpc) is 2.82. The van der Waals surface area contributed by atoms with E-state index < -0.39 is 20.2 Å². The molecule has 0 unspecified atom stereocenters. The van der Waals surface area contributed by atoms with Crippen molar-refractivity contribution in [3.63, 3.8) is 0 Å². The molecule has 8 nitrogen and oxygen atoms in total. The van der Waals surface area contributed by atoms with E-state index in [1.165, 1.54) is 36.4 Å². The Hall–Kier alpha value is -1.70. The first-order valence-corrected chi connectivity index (χ1v) is 12.7. The molecule has 0 bridgehead atoms. The van der Waals surface area contributed by atoms with E-state index in [9.17, 15) is 25.9 Å². The third-order valence-electron chi connectivity index (χ3n) is 5.49. The van der Waals surface area contributed by atoms with Crippen molar-refractivity contribution in [1.82, 2.24) is 9.97 Å². The second-order valence-corrected chi connectivity index (χ2v) is 10.3. The van der Waals surface area contributed by atoms with Gasteiger partial charge < -0.3 is 9.11 Å². The standard InChI is InChI=1S/C24H16N2O6S2.2Na/c27-33(28,29)17-5-1-3-15(13-17)19-9-11-25-23-21(19)7-8-22-20(10-12-26-24(22)23)16-4-2-6-18(14-16)34(30,31)32;;/h1-14H,(H,27,28,29)(H,30,31,32);;/q;2*+1/p-2. The monoisotopic (exact) mass is 536 g/mol. The third kappa shape index (κ3) is 5.58. The van der Waals surface area contributed by atoms with E-state index >= 15 is 0 Å². The molecule has 0 aliphatic rings. The van der Waals surface area contributed by atoms with E-state index in [1.54, 1.807) is 48.8 Å². The van der Waals surface area contributed by atoms with Gasteiger partial charge in [-0.3, -0.25) is 9.97 Å². The predicted molar refractivity (Wildman–Crippen MR) is 124 cm³/mol. The first-order chi connectivity index (χ1) is 16.1. The molecule has 0 saturated heterocycles. The van der Waals surface area contributed by atoms with Crippen LogP contribution in [0.4, 0.5) is 0 Å². The Morgan fingerprint density at radius 1 is 0.556 bits per heavy atom. The van der Waals surface area contributed by atoms with Crippen LogP contribution in [0.2, 0.25) is 0 Å². The summed E-state index contributed by atoms with van der Waals surface area (Å²) < 4.78 is 68.9. The van der Waals surface area contributed by atoms with Gasteiger partial charge in [0.25, 0.3) is 0 Å². The van der Waals surface area contributed by atoms with Crippen LogP contribution in [0, 0.1) is 0 Å². The van der Waals surface area contributed by atoms with Gasteiger partial charge in [0.15, 0.2) is 0 Å². The minimum absolute atomic E-state index is 0. The van der Waals surface area contributed by atoms with E-state index in [4.69, 9.17) is 0 Å². The molecule has 0 radical (unpaired) electrons. The maximum atomic E-state index is 11.5. The average molecular weight is 536 g/mol. The fraction of sp³-hybridized carbons (Fsp3) is 0. The molecule has 0 aliphatic heterocycles. The van der Waals surface area contributed by atoms with Crippen molar-refractivity contribution >= 4 is 42.0 Å². The first kappa shape index (κ1) is 28.9. The molecule has 170 valence electrons. The Kier molecular flexibility index (Phi) is 8.79. The third-order valence-corrected chi connectivity index (χ3v) is 7.15. The van der Waals surface area contributed by atoms with Gasteiger partial charge in [0.1, 0.15) is 20.2 Å². The number of aromatic nitrogens is 2. The quantitative estimate of drug-likeness (QED) is 0.145. The van der Waals surface area contributed by atoms with E-state index in [1.807, 2.05) is 0 Å². The Morgan fingerprint density at radius 3 is 1.31 bits per heavy atom. The fourth-order valence-corrected chi connectivity index (χ4v) is 5.00. The van der Waals surface area contributed by atoms with Crippen molar-refractivity contribution in [2.24, 2.45) is 0 Å². The van der Waals surface area contributed by atoms with E-state index in [0.29, 0.717) is 44.1 Å². The number of nitrogens with zero attached hydrogens (tertiary/aromatic N) is 2. The minimum atomic E-state index is -4.61. The molecule has 5 rings (SSSR count). The van der Waals surface area contributed by atoms with Gasteiger partial charge in [0.05, 0.1) is 20.8 Å². The number of rotatable bonds is 4. The number of pyridine rings is 2. The van der Waals surface area contributed by atoms with Gasteiger partial charge in [-0.05, 0) is 58.7 Å². The Labute approximate surface area is 251 Å². The molecular weight excluding hydrogens is 522 g/mol. The molecule has 2 aromatic heterocycles. The largest absolute Gasteiger partial charge is 1.00 e. The van der Waals surface area contributed by atoms with Crippen LogP contribution in [-0.4, -0.2) is 35.9 Å². The molecule has 2 heterocycles. The molecule has 5 aromatic rings. The van der Waals surface area contributed by atoms with E-state index in [-0.39, 0.29) is 68.9 Å². The van der Waals surface area contributed by atoms with Gasteiger partial charge in [0.2, 0.25) is 0 Å². The minimum Gasteiger partial charge on any atom is -0.744 e. The maximum Gasteiger partial charge on any atom is 1.00 e. The van der Waals surface area contributed by atoms with Crippen LogP contribution in [0.25, 0.3) is 44.1 Å². The molecule has 0 amide bonds. The van der Waals surface area contributed by atoms with Gasteiger partial charge in [0, 0.05) is 23.2 Å². The van der Waals surface area contributed by atoms with Gasteiger partial charge in [-0.25, -0.2) is 16.8 Å². The summed E-state index contributed by atoms with van der Waals surface area (Å²) in [6.07, 6.45) is 3.13. The van der Waals surface area contributed by atoms with Crippen LogP contribution in [0.15, 0.2) is 95.0 Å². The molecule has 36 heavy (non-hydrogen) atoms.